The number of anilines is 1. The minimum Gasteiger partial charge on any atom is -0.379 e. The van der Waals surface area contributed by atoms with Crippen LogP contribution in [0, 0.1) is 0 Å². The average Bonchev–Trinajstić information content (AvgIpc) is 2.65. The highest BCUT2D eigenvalue weighted by molar-refractivity contribution is 6.33. The van der Waals surface area contributed by atoms with Gasteiger partial charge in [-0.1, -0.05) is 23.7 Å². The molecule has 2 N–H and O–H groups in total. The number of ether oxygens (including phenoxy) is 1. The number of hydrogen-bond acceptors (Lipinski definition) is 5. The van der Waals surface area contributed by atoms with E-state index < -0.39 is 0 Å². The normalized spacial score (nSPS) is 15.6. The number of amides is 2. The van der Waals surface area contributed by atoms with Gasteiger partial charge in [-0.3, -0.25) is 19.4 Å². The van der Waals surface area contributed by atoms with Crippen molar-refractivity contribution in [3.05, 3.63) is 29.3 Å². The maximum atomic E-state index is 12.2. The van der Waals surface area contributed by atoms with Crippen molar-refractivity contribution < 1.29 is 14.3 Å². The molecule has 1 fully saturated rings. The molecule has 0 unspecified atom stereocenters. The molecule has 0 radical (unpaired) electrons. The van der Waals surface area contributed by atoms with E-state index in [1.165, 1.54) is 0 Å². The number of nitrogens with zero attached hydrogens (tertiary/aromatic N) is 2. The van der Waals surface area contributed by atoms with Crippen LogP contribution in [0.4, 0.5) is 5.69 Å². The molecule has 1 aromatic rings. The van der Waals surface area contributed by atoms with Gasteiger partial charge in [0.15, 0.2) is 0 Å². The molecule has 0 saturated carbocycles. The van der Waals surface area contributed by atoms with Gasteiger partial charge in [0.05, 0.1) is 29.9 Å². The highest BCUT2D eigenvalue weighted by atomic mass is 35.5. The van der Waals surface area contributed by atoms with E-state index in [0.29, 0.717) is 37.0 Å². The Labute approximate surface area is 172 Å². The zero-order valence-electron chi connectivity index (χ0n) is 16.7. The molecule has 1 aromatic carbocycles. The van der Waals surface area contributed by atoms with E-state index in [0.717, 1.165) is 32.6 Å². The quantitative estimate of drug-likeness (QED) is 0.576. The van der Waals surface area contributed by atoms with Crippen molar-refractivity contribution in [1.82, 2.24) is 15.1 Å². The molecule has 156 valence electrons. The first-order valence-corrected chi connectivity index (χ1v) is 10.2. The Hall–Kier alpha value is -1.67. The van der Waals surface area contributed by atoms with Crippen LogP contribution in [0.1, 0.15) is 20.3 Å². The molecule has 2 rings (SSSR count). The fourth-order valence-electron chi connectivity index (χ4n) is 2.94. The smallest absolute Gasteiger partial charge is 0.238 e. The van der Waals surface area contributed by atoms with E-state index in [-0.39, 0.29) is 17.9 Å². The molecule has 0 spiro atoms. The van der Waals surface area contributed by atoms with Gasteiger partial charge in [-0.05, 0) is 32.4 Å². The fourth-order valence-corrected chi connectivity index (χ4v) is 3.12. The molecule has 1 aliphatic rings. The van der Waals surface area contributed by atoms with E-state index in [2.05, 4.69) is 20.4 Å². The number of benzene rings is 1. The van der Waals surface area contributed by atoms with E-state index >= 15 is 0 Å². The summed E-state index contributed by atoms with van der Waals surface area (Å²) in [4.78, 5) is 28.4. The second-order valence-corrected chi connectivity index (χ2v) is 7.61. The van der Waals surface area contributed by atoms with Crippen LogP contribution in [0.25, 0.3) is 0 Å². The molecule has 0 atom stereocenters. The van der Waals surface area contributed by atoms with Crippen LogP contribution < -0.4 is 10.6 Å². The van der Waals surface area contributed by atoms with Crippen molar-refractivity contribution in [1.29, 1.82) is 0 Å². The van der Waals surface area contributed by atoms with Crippen molar-refractivity contribution in [2.75, 3.05) is 57.7 Å². The van der Waals surface area contributed by atoms with Crippen molar-refractivity contribution in [3.63, 3.8) is 0 Å². The SMILES string of the molecule is CC(C)OCCCNC(=O)CN1CCN(CC(=O)Nc2ccccc2Cl)CC1. The van der Waals surface area contributed by atoms with Crippen LogP contribution in [0.2, 0.25) is 5.02 Å². The Morgan fingerprint density at radius 1 is 1.07 bits per heavy atom. The number of nitrogens with one attached hydrogen (secondary N) is 2. The fraction of sp³-hybridized carbons (Fsp3) is 0.600. The Bertz CT molecular complexity index is 634. The molecule has 0 bridgehead atoms. The van der Waals surface area contributed by atoms with Gasteiger partial charge in [-0.25, -0.2) is 0 Å². The molecule has 2 amide bonds. The Kier molecular flexibility index (Phi) is 9.70. The number of piperazine rings is 1. The molecule has 1 heterocycles. The second kappa shape index (κ2) is 12.0. The van der Waals surface area contributed by atoms with Crippen molar-refractivity contribution in [3.8, 4) is 0 Å². The average molecular weight is 411 g/mol. The maximum absolute atomic E-state index is 12.2. The maximum Gasteiger partial charge on any atom is 0.238 e. The number of carbonyl (C=O) groups excluding carboxylic acids is 2. The zero-order chi connectivity index (χ0) is 20.4. The third-order valence-corrected chi connectivity index (χ3v) is 4.77. The first-order valence-electron chi connectivity index (χ1n) is 9.81. The lowest BCUT2D eigenvalue weighted by atomic mass is 10.3. The first-order chi connectivity index (χ1) is 13.4. The van der Waals surface area contributed by atoms with Crippen molar-refractivity contribution >= 4 is 29.1 Å². The Morgan fingerprint density at radius 3 is 2.29 bits per heavy atom. The van der Waals surface area contributed by atoms with Gasteiger partial charge in [-0.2, -0.15) is 0 Å². The highest BCUT2D eigenvalue weighted by Crippen LogP contribution is 2.20. The van der Waals surface area contributed by atoms with Crippen LogP contribution >= 0.6 is 11.6 Å². The topological polar surface area (TPSA) is 73.9 Å². The predicted octanol–water partition coefficient (Wildman–Crippen LogP) is 1.83. The van der Waals surface area contributed by atoms with Crippen LogP contribution in [0.3, 0.4) is 0 Å². The van der Waals surface area contributed by atoms with Gasteiger partial charge in [0.25, 0.3) is 0 Å². The number of para-hydroxylation sites is 1. The lowest BCUT2D eigenvalue weighted by molar-refractivity contribution is -0.123. The highest BCUT2D eigenvalue weighted by Gasteiger charge is 2.20. The largest absolute Gasteiger partial charge is 0.379 e. The summed E-state index contributed by atoms with van der Waals surface area (Å²) in [7, 11) is 0. The number of carbonyl (C=O) groups is 2. The minimum atomic E-state index is -0.0806. The summed E-state index contributed by atoms with van der Waals surface area (Å²) in [6.07, 6.45) is 1.04. The summed E-state index contributed by atoms with van der Waals surface area (Å²) in [6.45, 7) is 9.05. The van der Waals surface area contributed by atoms with Crippen LogP contribution in [-0.4, -0.2) is 80.1 Å². The first kappa shape index (κ1) is 22.6. The minimum absolute atomic E-state index is 0.0365. The molecule has 1 aliphatic heterocycles. The number of halogens is 1. The zero-order valence-corrected chi connectivity index (χ0v) is 17.5. The van der Waals surface area contributed by atoms with E-state index in [4.69, 9.17) is 16.3 Å². The molecule has 28 heavy (non-hydrogen) atoms. The van der Waals surface area contributed by atoms with Crippen LogP contribution in [0.5, 0.6) is 0 Å². The standard InChI is InChI=1S/C20H31ClN4O3/c1-16(2)28-13-5-8-22-19(26)14-24-9-11-25(12-10-24)15-20(27)23-18-7-4-3-6-17(18)21/h3-4,6-7,16H,5,8-15H2,1-2H3,(H,22,26)(H,23,27). The van der Waals surface area contributed by atoms with Gasteiger partial charge in [0, 0.05) is 39.3 Å². The van der Waals surface area contributed by atoms with Gasteiger partial charge in [0.2, 0.25) is 11.8 Å². The second-order valence-electron chi connectivity index (χ2n) is 7.20. The molecule has 7 nitrogen and oxygen atoms in total. The Morgan fingerprint density at radius 2 is 1.68 bits per heavy atom. The Balaban J connectivity index is 1.60. The van der Waals surface area contributed by atoms with Crippen LogP contribution in [-0.2, 0) is 14.3 Å². The molecule has 0 aromatic heterocycles. The van der Waals surface area contributed by atoms with Crippen molar-refractivity contribution in [2.24, 2.45) is 0 Å². The van der Waals surface area contributed by atoms with Gasteiger partial charge < -0.3 is 15.4 Å². The van der Waals surface area contributed by atoms with Crippen molar-refractivity contribution in [2.45, 2.75) is 26.4 Å². The summed E-state index contributed by atoms with van der Waals surface area (Å²) in [6, 6.07) is 7.19. The summed E-state index contributed by atoms with van der Waals surface area (Å²) in [5.41, 5.74) is 0.628. The molecule has 8 heteroatoms. The van der Waals surface area contributed by atoms with Gasteiger partial charge in [-0.15, -0.1) is 0 Å². The molecule has 1 saturated heterocycles. The lowest BCUT2D eigenvalue weighted by Gasteiger charge is -2.33. The number of rotatable bonds is 10. The molecular formula is C20H31ClN4O3. The third-order valence-electron chi connectivity index (χ3n) is 4.44. The van der Waals surface area contributed by atoms with Gasteiger partial charge >= 0.3 is 0 Å². The molecule has 0 aliphatic carbocycles. The van der Waals surface area contributed by atoms with Crippen LogP contribution in [0.15, 0.2) is 24.3 Å². The summed E-state index contributed by atoms with van der Waals surface area (Å²) >= 11 is 6.07. The summed E-state index contributed by atoms with van der Waals surface area (Å²) in [5, 5.41) is 6.30. The molecular weight excluding hydrogens is 380 g/mol. The predicted molar refractivity (Wildman–Crippen MR) is 112 cm³/mol. The summed E-state index contributed by atoms with van der Waals surface area (Å²) < 4.78 is 5.45. The van der Waals surface area contributed by atoms with Gasteiger partial charge in [0.1, 0.15) is 0 Å². The lowest BCUT2D eigenvalue weighted by Crippen LogP contribution is -2.51. The summed E-state index contributed by atoms with van der Waals surface area (Å²) in [5.74, 6) is -0.0441. The third kappa shape index (κ3) is 8.56. The van der Waals surface area contributed by atoms with E-state index in [9.17, 15) is 9.59 Å². The monoisotopic (exact) mass is 410 g/mol. The van der Waals surface area contributed by atoms with E-state index in [1.54, 1.807) is 12.1 Å². The van der Waals surface area contributed by atoms with E-state index in [1.807, 2.05) is 26.0 Å². The number of hydrogen-bond donors (Lipinski definition) is 2.